The van der Waals surface area contributed by atoms with Crippen molar-refractivity contribution in [2.45, 2.75) is 26.8 Å². The van der Waals surface area contributed by atoms with Crippen molar-refractivity contribution in [1.82, 2.24) is 5.32 Å². The van der Waals surface area contributed by atoms with Crippen LogP contribution in [0.25, 0.3) is 0 Å². The van der Waals surface area contributed by atoms with Crippen molar-refractivity contribution < 1.29 is 14.2 Å². The monoisotopic (exact) mass is 281 g/mol. The molecule has 0 heterocycles. The van der Waals surface area contributed by atoms with E-state index in [2.05, 4.69) is 37.4 Å². The zero-order chi connectivity index (χ0) is 14.6. The molecule has 4 nitrogen and oxygen atoms in total. The predicted octanol–water partition coefficient (Wildman–Crippen LogP) is 2.54. The van der Waals surface area contributed by atoms with Crippen LogP contribution in [0.3, 0.4) is 0 Å². The van der Waals surface area contributed by atoms with E-state index in [0.717, 1.165) is 30.8 Å². The Hall–Kier alpha value is -1.10. The van der Waals surface area contributed by atoms with E-state index >= 15 is 0 Å². The van der Waals surface area contributed by atoms with Crippen molar-refractivity contribution >= 4 is 0 Å². The van der Waals surface area contributed by atoms with Crippen LogP contribution >= 0.6 is 0 Å². The number of hydrogen-bond donors (Lipinski definition) is 1. The maximum atomic E-state index is 5.87. The Morgan fingerprint density at radius 2 is 1.90 bits per heavy atom. The van der Waals surface area contributed by atoms with Gasteiger partial charge in [0.2, 0.25) is 0 Å². The Morgan fingerprint density at radius 1 is 1.10 bits per heavy atom. The summed E-state index contributed by atoms with van der Waals surface area (Å²) in [4.78, 5) is 0. The van der Waals surface area contributed by atoms with E-state index in [-0.39, 0.29) is 0 Å². The van der Waals surface area contributed by atoms with Gasteiger partial charge in [0.05, 0.1) is 19.8 Å². The van der Waals surface area contributed by atoms with Crippen LogP contribution in [0.5, 0.6) is 5.75 Å². The van der Waals surface area contributed by atoms with Crippen LogP contribution in [-0.2, 0) is 16.0 Å². The lowest BCUT2D eigenvalue weighted by Crippen LogP contribution is -2.16. The fraction of sp³-hybridized carbons (Fsp3) is 0.625. The van der Waals surface area contributed by atoms with E-state index in [4.69, 9.17) is 14.2 Å². The summed E-state index contributed by atoms with van der Waals surface area (Å²) in [5.74, 6) is 0.978. The molecule has 4 heteroatoms. The second-order valence-electron chi connectivity index (χ2n) is 4.69. The molecule has 1 N–H and O–H groups in total. The third kappa shape index (κ3) is 6.37. The zero-order valence-electron chi connectivity index (χ0n) is 12.9. The SMILES string of the molecule is CCCNCc1cccc(C)c1OCCOCCOC. The number of aryl methyl sites for hydroxylation is 1. The summed E-state index contributed by atoms with van der Waals surface area (Å²) in [5, 5.41) is 3.41. The molecule has 0 fully saturated rings. The average molecular weight is 281 g/mol. The third-order valence-corrected chi connectivity index (χ3v) is 2.94. The van der Waals surface area contributed by atoms with E-state index < -0.39 is 0 Å². The van der Waals surface area contributed by atoms with Crippen molar-refractivity contribution in [1.29, 1.82) is 0 Å². The minimum Gasteiger partial charge on any atom is -0.491 e. The van der Waals surface area contributed by atoms with E-state index in [1.54, 1.807) is 7.11 Å². The number of hydrogen-bond acceptors (Lipinski definition) is 4. The molecular weight excluding hydrogens is 254 g/mol. The van der Waals surface area contributed by atoms with E-state index in [1.165, 1.54) is 5.56 Å². The Kier molecular flexibility index (Phi) is 9.04. The standard InChI is InChI=1S/C16H27NO3/c1-4-8-17-13-15-7-5-6-14(2)16(15)20-12-11-19-10-9-18-3/h5-7,17H,4,8-13H2,1-3H3. The highest BCUT2D eigenvalue weighted by Gasteiger charge is 2.06. The minimum absolute atomic E-state index is 0.565. The highest BCUT2D eigenvalue weighted by molar-refractivity contribution is 5.40. The smallest absolute Gasteiger partial charge is 0.126 e. The van der Waals surface area contributed by atoms with Gasteiger partial charge in [-0.1, -0.05) is 25.1 Å². The van der Waals surface area contributed by atoms with Crippen LogP contribution in [0.4, 0.5) is 0 Å². The van der Waals surface area contributed by atoms with Gasteiger partial charge < -0.3 is 19.5 Å². The van der Waals surface area contributed by atoms with Gasteiger partial charge >= 0.3 is 0 Å². The van der Waals surface area contributed by atoms with Crippen molar-refractivity contribution in [2.24, 2.45) is 0 Å². The van der Waals surface area contributed by atoms with E-state index in [9.17, 15) is 0 Å². The molecule has 1 aromatic rings. The van der Waals surface area contributed by atoms with E-state index in [1.807, 2.05) is 0 Å². The lowest BCUT2D eigenvalue weighted by molar-refractivity contribution is 0.0541. The molecule has 0 saturated heterocycles. The summed E-state index contributed by atoms with van der Waals surface area (Å²) < 4.78 is 16.2. The minimum atomic E-state index is 0.565. The van der Waals surface area contributed by atoms with Crippen LogP contribution < -0.4 is 10.1 Å². The fourth-order valence-corrected chi connectivity index (χ4v) is 1.91. The van der Waals surface area contributed by atoms with Gasteiger partial charge in [-0.25, -0.2) is 0 Å². The normalized spacial score (nSPS) is 10.8. The number of nitrogens with one attached hydrogen (secondary N) is 1. The zero-order valence-corrected chi connectivity index (χ0v) is 12.9. The number of ether oxygens (including phenoxy) is 3. The van der Waals surface area contributed by atoms with Gasteiger partial charge in [-0.15, -0.1) is 0 Å². The molecule has 0 saturated carbocycles. The van der Waals surface area contributed by atoms with Crippen molar-refractivity contribution in [3.05, 3.63) is 29.3 Å². The number of para-hydroxylation sites is 1. The summed E-state index contributed by atoms with van der Waals surface area (Å²) >= 11 is 0. The maximum absolute atomic E-state index is 5.87. The molecule has 1 aromatic carbocycles. The summed E-state index contributed by atoms with van der Waals surface area (Å²) in [7, 11) is 1.67. The second-order valence-corrected chi connectivity index (χ2v) is 4.69. The molecule has 0 bridgehead atoms. The van der Waals surface area contributed by atoms with Gasteiger partial charge in [-0.05, 0) is 25.5 Å². The van der Waals surface area contributed by atoms with Crippen molar-refractivity contribution in [3.8, 4) is 5.75 Å². The number of benzene rings is 1. The Bertz CT molecular complexity index is 369. The number of rotatable bonds is 11. The fourth-order valence-electron chi connectivity index (χ4n) is 1.91. The first-order valence-corrected chi connectivity index (χ1v) is 7.28. The van der Waals surface area contributed by atoms with Crippen LogP contribution in [0.2, 0.25) is 0 Å². The molecule has 0 aromatic heterocycles. The second kappa shape index (κ2) is 10.7. The van der Waals surface area contributed by atoms with Crippen LogP contribution in [0, 0.1) is 6.92 Å². The highest BCUT2D eigenvalue weighted by Crippen LogP contribution is 2.23. The summed E-state index contributed by atoms with van der Waals surface area (Å²) in [6.45, 7) is 8.48. The topological polar surface area (TPSA) is 39.7 Å². The van der Waals surface area contributed by atoms with Gasteiger partial charge in [-0.3, -0.25) is 0 Å². The van der Waals surface area contributed by atoms with Crippen molar-refractivity contribution in [2.75, 3.05) is 40.1 Å². The lowest BCUT2D eigenvalue weighted by atomic mass is 10.1. The molecule has 0 radical (unpaired) electrons. The average Bonchev–Trinajstić information content (AvgIpc) is 2.45. The first-order chi connectivity index (χ1) is 9.79. The van der Waals surface area contributed by atoms with Gasteiger partial charge in [0.1, 0.15) is 12.4 Å². The molecule has 0 aliphatic heterocycles. The Labute approximate surface area is 122 Å². The van der Waals surface area contributed by atoms with Crippen LogP contribution in [0.1, 0.15) is 24.5 Å². The molecule has 0 amide bonds. The molecule has 114 valence electrons. The summed E-state index contributed by atoms with van der Waals surface area (Å²) in [5.41, 5.74) is 2.37. The molecule has 0 atom stereocenters. The predicted molar refractivity (Wildman–Crippen MR) is 81.4 cm³/mol. The third-order valence-electron chi connectivity index (χ3n) is 2.94. The maximum Gasteiger partial charge on any atom is 0.126 e. The van der Waals surface area contributed by atoms with E-state index in [0.29, 0.717) is 26.4 Å². The Balaban J connectivity index is 2.41. The van der Waals surface area contributed by atoms with Crippen molar-refractivity contribution in [3.63, 3.8) is 0 Å². The quantitative estimate of drug-likeness (QED) is 0.633. The van der Waals surface area contributed by atoms with Crippen LogP contribution in [0.15, 0.2) is 18.2 Å². The first kappa shape index (κ1) is 17.0. The lowest BCUT2D eigenvalue weighted by Gasteiger charge is -2.14. The molecule has 0 spiro atoms. The molecular formula is C16H27NO3. The largest absolute Gasteiger partial charge is 0.491 e. The van der Waals surface area contributed by atoms with Gasteiger partial charge in [0, 0.05) is 19.2 Å². The van der Waals surface area contributed by atoms with Gasteiger partial charge in [-0.2, -0.15) is 0 Å². The van der Waals surface area contributed by atoms with Crippen LogP contribution in [-0.4, -0.2) is 40.1 Å². The summed E-state index contributed by atoms with van der Waals surface area (Å²) in [6.07, 6.45) is 1.13. The first-order valence-electron chi connectivity index (χ1n) is 7.28. The number of methoxy groups -OCH3 is 1. The highest BCUT2D eigenvalue weighted by atomic mass is 16.5. The molecule has 0 unspecified atom stereocenters. The van der Waals surface area contributed by atoms with Gasteiger partial charge in [0.25, 0.3) is 0 Å². The molecule has 20 heavy (non-hydrogen) atoms. The molecule has 0 aliphatic carbocycles. The molecule has 1 rings (SSSR count). The molecule has 0 aliphatic rings. The Morgan fingerprint density at radius 3 is 2.65 bits per heavy atom. The van der Waals surface area contributed by atoms with Gasteiger partial charge in [0.15, 0.2) is 0 Å². The summed E-state index contributed by atoms with van der Waals surface area (Å²) in [6, 6.07) is 6.25.